The quantitative estimate of drug-likeness (QED) is 0.675. The second-order valence-corrected chi connectivity index (χ2v) is 6.13. The number of benzene rings is 2. The van der Waals surface area contributed by atoms with Crippen molar-refractivity contribution < 1.29 is 14.5 Å². The van der Waals surface area contributed by atoms with Gasteiger partial charge in [0.25, 0.3) is 11.6 Å². The van der Waals surface area contributed by atoms with Gasteiger partial charge in [-0.3, -0.25) is 24.6 Å². The summed E-state index contributed by atoms with van der Waals surface area (Å²) in [6.07, 6.45) is 0.418. The van der Waals surface area contributed by atoms with E-state index in [0.717, 1.165) is 5.56 Å². The molecule has 1 N–H and O–H groups in total. The van der Waals surface area contributed by atoms with Crippen LogP contribution in [0.15, 0.2) is 42.5 Å². The summed E-state index contributed by atoms with van der Waals surface area (Å²) >= 11 is 0. The number of nitrogens with one attached hydrogen (secondary N) is 1. The van der Waals surface area contributed by atoms with E-state index in [9.17, 15) is 19.7 Å². The summed E-state index contributed by atoms with van der Waals surface area (Å²) in [6.45, 7) is 3.83. The molecule has 0 radical (unpaired) electrons. The Labute approximate surface area is 150 Å². The SMILES string of the molecule is CCNC(=O)C1Cc2ccccc2N1C(=O)c1cccc([N+](=O)[O-])c1C. The summed E-state index contributed by atoms with van der Waals surface area (Å²) in [5.74, 6) is -0.646. The van der Waals surface area contributed by atoms with Gasteiger partial charge in [-0.05, 0) is 31.5 Å². The molecule has 0 aromatic heterocycles. The maximum absolute atomic E-state index is 13.2. The summed E-state index contributed by atoms with van der Waals surface area (Å²) in [6, 6.07) is 11.1. The lowest BCUT2D eigenvalue weighted by atomic mass is 10.0. The molecule has 1 atom stereocenters. The first-order chi connectivity index (χ1) is 12.5. The molecule has 2 aromatic carbocycles. The van der Waals surface area contributed by atoms with Crippen LogP contribution in [-0.4, -0.2) is 29.3 Å². The van der Waals surface area contributed by atoms with Gasteiger partial charge in [-0.2, -0.15) is 0 Å². The van der Waals surface area contributed by atoms with Gasteiger partial charge in [0.1, 0.15) is 6.04 Å². The molecular weight excluding hydrogens is 334 g/mol. The Hall–Kier alpha value is -3.22. The number of carbonyl (C=O) groups is 2. The van der Waals surface area contributed by atoms with E-state index < -0.39 is 16.9 Å². The summed E-state index contributed by atoms with van der Waals surface area (Å²) < 4.78 is 0. The first-order valence-corrected chi connectivity index (χ1v) is 8.38. The minimum absolute atomic E-state index is 0.113. The molecule has 0 saturated heterocycles. The highest BCUT2D eigenvalue weighted by atomic mass is 16.6. The molecular formula is C19H19N3O4. The fourth-order valence-corrected chi connectivity index (χ4v) is 3.32. The number of amides is 2. The molecule has 1 heterocycles. The molecule has 1 unspecified atom stereocenters. The van der Waals surface area contributed by atoms with Gasteiger partial charge in [-0.25, -0.2) is 0 Å². The van der Waals surface area contributed by atoms with Gasteiger partial charge in [-0.1, -0.05) is 24.3 Å². The van der Waals surface area contributed by atoms with Crippen LogP contribution >= 0.6 is 0 Å². The Morgan fingerprint density at radius 2 is 1.96 bits per heavy atom. The van der Waals surface area contributed by atoms with Crippen molar-refractivity contribution in [1.29, 1.82) is 0 Å². The van der Waals surface area contributed by atoms with Crippen molar-refractivity contribution in [2.75, 3.05) is 11.4 Å². The molecule has 0 spiro atoms. The number of carbonyl (C=O) groups excluding carboxylic acids is 2. The second kappa shape index (κ2) is 6.95. The fraction of sp³-hybridized carbons (Fsp3) is 0.263. The number of hydrogen-bond donors (Lipinski definition) is 1. The molecule has 7 nitrogen and oxygen atoms in total. The minimum atomic E-state index is -0.668. The minimum Gasteiger partial charge on any atom is -0.355 e. The van der Waals surface area contributed by atoms with Gasteiger partial charge in [0.15, 0.2) is 0 Å². The van der Waals surface area contributed by atoms with Gasteiger partial charge < -0.3 is 5.32 Å². The van der Waals surface area contributed by atoms with Crippen molar-refractivity contribution in [3.8, 4) is 0 Å². The first kappa shape index (κ1) is 17.6. The third kappa shape index (κ3) is 2.92. The number of rotatable bonds is 4. The number of hydrogen-bond acceptors (Lipinski definition) is 4. The van der Waals surface area contributed by atoms with Crippen LogP contribution in [0.3, 0.4) is 0 Å². The van der Waals surface area contributed by atoms with Crippen LogP contribution < -0.4 is 10.2 Å². The van der Waals surface area contributed by atoms with Gasteiger partial charge in [-0.15, -0.1) is 0 Å². The number of fused-ring (bicyclic) bond motifs is 1. The molecule has 3 rings (SSSR count). The van der Waals surface area contributed by atoms with Gasteiger partial charge in [0.05, 0.1) is 4.92 Å². The number of para-hydroxylation sites is 1. The van der Waals surface area contributed by atoms with Crippen molar-refractivity contribution in [3.63, 3.8) is 0 Å². The lowest BCUT2D eigenvalue weighted by molar-refractivity contribution is -0.385. The van der Waals surface area contributed by atoms with Crippen LogP contribution in [0, 0.1) is 17.0 Å². The molecule has 1 aliphatic heterocycles. The van der Waals surface area contributed by atoms with Crippen LogP contribution in [0.1, 0.15) is 28.4 Å². The molecule has 2 aromatic rings. The largest absolute Gasteiger partial charge is 0.355 e. The zero-order valence-electron chi connectivity index (χ0n) is 14.6. The van der Waals surface area contributed by atoms with E-state index in [2.05, 4.69) is 5.32 Å². The highest BCUT2D eigenvalue weighted by Crippen LogP contribution is 2.34. The lowest BCUT2D eigenvalue weighted by Gasteiger charge is -2.25. The third-order valence-electron chi connectivity index (χ3n) is 4.58. The molecule has 0 fully saturated rings. The summed E-state index contributed by atoms with van der Waals surface area (Å²) in [7, 11) is 0. The van der Waals surface area contributed by atoms with E-state index in [-0.39, 0.29) is 17.2 Å². The molecule has 1 aliphatic rings. The molecule has 0 aliphatic carbocycles. The normalized spacial score (nSPS) is 15.5. The number of nitro groups is 1. The molecule has 7 heteroatoms. The van der Waals surface area contributed by atoms with Crippen molar-refractivity contribution in [3.05, 3.63) is 69.3 Å². The maximum Gasteiger partial charge on any atom is 0.273 e. The van der Waals surface area contributed by atoms with Gasteiger partial charge in [0, 0.05) is 35.8 Å². The van der Waals surface area contributed by atoms with Crippen LogP contribution in [0.25, 0.3) is 0 Å². The predicted octanol–water partition coefficient (Wildman–Crippen LogP) is 2.61. The Kier molecular flexibility index (Phi) is 4.71. The van der Waals surface area contributed by atoms with Crippen molar-refractivity contribution >= 4 is 23.2 Å². The molecule has 134 valence electrons. The Morgan fingerprint density at radius 1 is 1.23 bits per heavy atom. The van der Waals surface area contributed by atoms with Crippen LogP contribution in [0.2, 0.25) is 0 Å². The second-order valence-electron chi connectivity index (χ2n) is 6.13. The highest BCUT2D eigenvalue weighted by molar-refractivity contribution is 6.12. The predicted molar refractivity (Wildman–Crippen MR) is 97.3 cm³/mol. The molecule has 26 heavy (non-hydrogen) atoms. The van der Waals surface area contributed by atoms with E-state index >= 15 is 0 Å². The summed E-state index contributed by atoms with van der Waals surface area (Å²) in [5, 5.41) is 14.0. The van der Waals surface area contributed by atoms with E-state index in [1.54, 1.807) is 25.1 Å². The Bertz CT molecular complexity index is 894. The topological polar surface area (TPSA) is 92.6 Å². The zero-order chi connectivity index (χ0) is 18.8. The van der Waals surface area contributed by atoms with Gasteiger partial charge in [0.2, 0.25) is 5.91 Å². The first-order valence-electron chi connectivity index (χ1n) is 8.38. The molecule has 0 bridgehead atoms. The Balaban J connectivity index is 2.07. The van der Waals surface area contributed by atoms with E-state index in [0.29, 0.717) is 24.2 Å². The van der Waals surface area contributed by atoms with Crippen molar-refractivity contribution in [2.45, 2.75) is 26.3 Å². The summed E-state index contributed by atoms with van der Waals surface area (Å²) in [4.78, 5) is 37.9. The molecule has 0 saturated carbocycles. The maximum atomic E-state index is 13.2. The van der Waals surface area contributed by atoms with Crippen molar-refractivity contribution in [2.24, 2.45) is 0 Å². The smallest absolute Gasteiger partial charge is 0.273 e. The average Bonchev–Trinajstić information content (AvgIpc) is 3.01. The van der Waals surface area contributed by atoms with E-state index in [4.69, 9.17) is 0 Å². The summed E-state index contributed by atoms with van der Waals surface area (Å²) in [5.41, 5.74) is 1.98. The third-order valence-corrected chi connectivity index (χ3v) is 4.58. The monoisotopic (exact) mass is 353 g/mol. The number of nitro benzene ring substituents is 1. The number of anilines is 1. The number of nitrogens with zero attached hydrogens (tertiary/aromatic N) is 2. The fourth-order valence-electron chi connectivity index (χ4n) is 3.32. The van der Waals surface area contributed by atoms with E-state index in [1.807, 2.05) is 19.1 Å². The Morgan fingerprint density at radius 3 is 2.65 bits per heavy atom. The van der Waals surface area contributed by atoms with Crippen LogP contribution in [0.5, 0.6) is 0 Å². The van der Waals surface area contributed by atoms with Crippen molar-refractivity contribution in [1.82, 2.24) is 5.32 Å². The zero-order valence-corrected chi connectivity index (χ0v) is 14.6. The lowest BCUT2D eigenvalue weighted by Crippen LogP contribution is -2.48. The van der Waals surface area contributed by atoms with Gasteiger partial charge >= 0.3 is 0 Å². The van der Waals surface area contributed by atoms with Crippen LogP contribution in [0.4, 0.5) is 11.4 Å². The van der Waals surface area contributed by atoms with Crippen LogP contribution in [-0.2, 0) is 11.2 Å². The standard InChI is InChI=1S/C19H19N3O4/c1-3-20-18(23)17-11-13-7-4-5-9-16(13)21(17)19(24)14-8-6-10-15(12(14)2)22(25)26/h4-10,17H,3,11H2,1-2H3,(H,20,23). The average molecular weight is 353 g/mol. The molecule has 2 amide bonds. The van der Waals surface area contributed by atoms with E-state index in [1.165, 1.54) is 17.0 Å². The highest BCUT2D eigenvalue weighted by Gasteiger charge is 2.39. The number of likely N-dealkylation sites (N-methyl/N-ethyl adjacent to an activating group) is 1.